The van der Waals surface area contributed by atoms with Gasteiger partial charge in [0.1, 0.15) is 0 Å². The highest BCUT2D eigenvalue weighted by atomic mass is 16.7. The van der Waals surface area contributed by atoms with Crippen LogP contribution in [0.1, 0.15) is 72.1 Å². The molecule has 0 amide bonds. The largest absolute Gasteiger partial charge is 0.347 e. The number of allylic oxidation sites excluding steroid dienone is 3. The maximum absolute atomic E-state index is 6.05. The zero-order valence-electron chi connectivity index (χ0n) is 16.3. The molecule has 0 aromatic carbocycles. The Balaban J connectivity index is 1.46. The molecule has 0 N–H and O–H groups in total. The van der Waals surface area contributed by atoms with E-state index < -0.39 is 0 Å². The van der Waals surface area contributed by atoms with Crippen LogP contribution >= 0.6 is 0 Å². The first kappa shape index (κ1) is 16.6. The second-order valence-corrected chi connectivity index (χ2v) is 9.85. The second kappa shape index (κ2) is 5.45. The van der Waals surface area contributed by atoms with Crippen LogP contribution in [0.3, 0.4) is 0 Å². The number of rotatable bonds is 0. The Labute approximate surface area is 153 Å². The van der Waals surface area contributed by atoms with E-state index in [0.29, 0.717) is 10.8 Å². The predicted octanol–water partition coefficient (Wildman–Crippen LogP) is 5.64. The average molecular weight is 343 g/mol. The first-order valence-corrected chi connectivity index (χ1v) is 10.6. The third-order valence-corrected chi connectivity index (χ3v) is 9.12. The lowest BCUT2D eigenvalue weighted by atomic mass is 9.47. The third-order valence-electron chi connectivity index (χ3n) is 9.12. The van der Waals surface area contributed by atoms with Crippen LogP contribution in [-0.4, -0.2) is 19.0 Å². The van der Waals surface area contributed by atoms with Crippen LogP contribution in [0.5, 0.6) is 0 Å². The minimum Gasteiger partial charge on any atom is -0.347 e. The molecule has 1 aliphatic heterocycles. The summed E-state index contributed by atoms with van der Waals surface area (Å²) in [7, 11) is 0. The molecule has 138 valence electrons. The van der Waals surface area contributed by atoms with Crippen molar-refractivity contribution in [1.82, 2.24) is 0 Å². The van der Waals surface area contributed by atoms with E-state index in [9.17, 15) is 0 Å². The van der Waals surface area contributed by atoms with Gasteiger partial charge in [-0.2, -0.15) is 0 Å². The van der Waals surface area contributed by atoms with Gasteiger partial charge in [0, 0.05) is 12.8 Å². The fourth-order valence-corrected chi connectivity index (χ4v) is 7.67. The van der Waals surface area contributed by atoms with Crippen LogP contribution in [0.4, 0.5) is 0 Å². The summed E-state index contributed by atoms with van der Waals surface area (Å²) in [5.41, 5.74) is 4.30. The van der Waals surface area contributed by atoms with Crippen LogP contribution in [0.15, 0.2) is 23.3 Å². The summed E-state index contributed by atoms with van der Waals surface area (Å²) < 4.78 is 12.1. The normalized spacial score (nSPS) is 49.6. The highest BCUT2D eigenvalue weighted by Crippen LogP contribution is 2.66. The lowest BCUT2D eigenvalue weighted by Crippen LogP contribution is -2.51. The molecule has 5 atom stereocenters. The minimum atomic E-state index is -0.271. The van der Waals surface area contributed by atoms with Crippen molar-refractivity contribution in [1.29, 1.82) is 0 Å². The van der Waals surface area contributed by atoms with Crippen molar-refractivity contribution in [3.05, 3.63) is 23.3 Å². The fourth-order valence-electron chi connectivity index (χ4n) is 7.67. The molecule has 3 saturated carbocycles. The van der Waals surface area contributed by atoms with E-state index in [1.807, 2.05) is 0 Å². The van der Waals surface area contributed by atoms with Crippen LogP contribution < -0.4 is 0 Å². The van der Waals surface area contributed by atoms with Crippen molar-refractivity contribution >= 4 is 0 Å². The summed E-state index contributed by atoms with van der Waals surface area (Å²) in [6.45, 7) is 8.97. The maximum Gasteiger partial charge on any atom is 0.172 e. The smallest absolute Gasteiger partial charge is 0.172 e. The van der Waals surface area contributed by atoms with Gasteiger partial charge in [0.15, 0.2) is 5.79 Å². The summed E-state index contributed by atoms with van der Waals surface area (Å²) in [6, 6.07) is 0. The summed E-state index contributed by atoms with van der Waals surface area (Å²) in [6.07, 6.45) is 15.3. The van der Waals surface area contributed by atoms with E-state index >= 15 is 0 Å². The van der Waals surface area contributed by atoms with Crippen molar-refractivity contribution in [2.45, 2.75) is 77.9 Å². The summed E-state index contributed by atoms with van der Waals surface area (Å²) in [5.74, 6) is 2.40. The van der Waals surface area contributed by atoms with Gasteiger partial charge in [-0.15, -0.1) is 0 Å². The van der Waals surface area contributed by atoms with E-state index in [4.69, 9.17) is 9.47 Å². The van der Waals surface area contributed by atoms with Crippen LogP contribution in [0.25, 0.3) is 0 Å². The molecule has 5 aliphatic rings. The maximum atomic E-state index is 6.05. The van der Waals surface area contributed by atoms with E-state index in [1.165, 1.54) is 38.5 Å². The highest BCUT2D eigenvalue weighted by Gasteiger charge is 2.59. The Morgan fingerprint density at radius 1 is 1.00 bits per heavy atom. The SMILES string of the molecule is CC=C1CCC2C3CC=C4CC5(CC[C@@]4(C)C3CC[C@@]12C)OCCO5. The fraction of sp³-hybridized carbons (Fsp3) is 0.826. The first-order chi connectivity index (χ1) is 12.0. The zero-order chi connectivity index (χ0) is 17.3. The Hall–Kier alpha value is -0.600. The van der Waals surface area contributed by atoms with E-state index in [0.717, 1.165) is 43.8 Å². The molecule has 1 heterocycles. The van der Waals surface area contributed by atoms with E-state index in [-0.39, 0.29) is 5.79 Å². The molecule has 25 heavy (non-hydrogen) atoms. The van der Waals surface area contributed by atoms with Crippen molar-refractivity contribution in [3.8, 4) is 0 Å². The molecule has 0 bridgehead atoms. The lowest BCUT2D eigenvalue weighted by molar-refractivity contribution is -0.184. The predicted molar refractivity (Wildman–Crippen MR) is 100 cm³/mol. The number of ether oxygens (including phenoxy) is 2. The van der Waals surface area contributed by atoms with E-state index in [2.05, 4.69) is 32.9 Å². The van der Waals surface area contributed by atoms with E-state index in [1.54, 1.807) is 11.1 Å². The van der Waals surface area contributed by atoms with Crippen LogP contribution in [-0.2, 0) is 9.47 Å². The molecular weight excluding hydrogens is 308 g/mol. The Morgan fingerprint density at radius 2 is 1.76 bits per heavy atom. The molecule has 0 radical (unpaired) electrons. The summed E-state index contributed by atoms with van der Waals surface area (Å²) in [5, 5.41) is 0. The quantitative estimate of drug-likeness (QED) is 0.530. The van der Waals surface area contributed by atoms with Gasteiger partial charge in [-0.25, -0.2) is 0 Å². The molecule has 1 saturated heterocycles. The molecule has 3 unspecified atom stereocenters. The molecule has 0 aromatic heterocycles. The van der Waals surface area contributed by atoms with Gasteiger partial charge in [0.2, 0.25) is 0 Å². The third kappa shape index (κ3) is 2.16. The minimum absolute atomic E-state index is 0.271. The lowest BCUT2D eigenvalue weighted by Gasteiger charge is -2.58. The van der Waals surface area contributed by atoms with Gasteiger partial charge in [0.05, 0.1) is 13.2 Å². The molecular formula is C23H34O2. The molecule has 5 rings (SSSR count). The number of hydrogen-bond acceptors (Lipinski definition) is 2. The Morgan fingerprint density at radius 3 is 2.52 bits per heavy atom. The molecule has 2 nitrogen and oxygen atoms in total. The highest BCUT2D eigenvalue weighted by molar-refractivity contribution is 5.29. The second-order valence-electron chi connectivity index (χ2n) is 9.85. The molecule has 4 fully saturated rings. The van der Waals surface area contributed by atoms with Gasteiger partial charge in [-0.05, 0) is 74.0 Å². The van der Waals surface area contributed by atoms with Crippen LogP contribution in [0.2, 0.25) is 0 Å². The van der Waals surface area contributed by atoms with Gasteiger partial charge in [-0.3, -0.25) is 0 Å². The van der Waals surface area contributed by atoms with Crippen molar-refractivity contribution in [2.75, 3.05) is 13.2 Å². The topological polar surface area (TPSA) is 18.5 Å². The average Bonchev–Trinajstić information content (AvgIpc) is 3.19. The Kier molecular flexibility index (Phi) is 3.61. The van der Waals surface area contributed by atoms with Gasteiger partial charge in [-0.1, -0.05) is 37.1 Å². The van der Waals surface area contributed by atoms with Crippen molar-refractivity contribution in [2.24, 2.45) is 28.6 Å². The van der Waals surface area contributed by atoms with Crippen LogP contribution in [0, 0.1) is 28.6 Å². The monoisotopic (exact) mass is 342 g/mol. The first-order valence-electron chi connectivity index (χ1n) is 10.6. The number of fused-ring (bicyclic) bond motifs is 5. The summed E-state index contributed by atoms with van der Waals surface area (Å²) >= 11 is 0. The molecule has 2 heteroatoms. The van der Waals surface area contributed by atoms with Gasteiger partial charge >= 0.3 is 0 Å². The molecule has 0 aromatic rings. The summed E-state index contributed by atoms with van der Waals surface area (Å²) in [4.78, 5) is 0. The molecule has 1 spiro atoms. The standard InChI is InChI=1S/C23H34O2/c1-4-16-6-8-19-18-7-5-17-15-23(24-13-14-25-23)12-11-22(17,3)20(18)9-10-21(16,19)2/h4-5,18-20H,6-15H2,1-3H3/t18?,19?,20?,21-,22+/m0/s1. The molecule has 4 aliphatic carbocycles. The van der Waals surface area contributed by atoms with Gasteiger partial charge < -0.3 is 9.47 Å². The zero-order valence-corrected chi connectivity index (χ0v) is 16.3. The van der Waals surface area contributed by atoms with Crippen molar-refractivity contribution < 1.29 is 9.47 Å². The van der Waals surface area contributed by atoms with Crippen molar-refractivity contribution in [3.63, 3.8) is 0 Å². The van der Waals surface area contributed by atoms with Gasteiger partial charge in [0.25, 0.3) is 0 Å². The number of hydrogen-bond donors (Lipinski definition) is 0. The Bertz CT molecular complexity index is 626.